The van der Waals surface area contributed by atoms with E-state index in [9.17, 15) is 4.79 Å². The Hall–Kier alpha value is -1.09. The maximum Gasteiger partial charge on any atom is 0.255 e. The molecule has 0 bridgehead atoms. The van der Waals surface area contributed by atoms with E-state index in [0.29, 0.717) is 18.0 Å². The van der Waals surface area contributed by atoms with Gasteiger partial charge < -0.3 is 4.90 Å². The fourth-order valence-electron chi connectivity index (χ4n) is 1.54. The van der Waals surface area contributed by atoms with Crippen molar-refractivity contribution in [2.24, 2.45) is 0 Å². The Labute approximate surface area is 101 Å². The second-order valence-corrected chi connectivity index (χ2v) is 4.11. The summed E-state index contributed by atoms with van der Waals surface area (Å²) in [6.45, 7) is 5.29. The Kier molecular flexibility index (Phi) is 5.26. The molecule has 88 valence electrons. The molecule has 0 saturated heterocycles. The van der Waals surface area contributed by atoms with Gasteiger partial charge in [-0.1, -0.05) is 6.92 Å². The van der Waals surface area contributed by atoms with Crippen LogP contribution in [0, 0.1) is 6.92 Å². The molecule has 0 spiro atoms. The number of hydrogen-bond donors (Lipinski definition) is 0. The van der Waals surface area contributed by atoms with Crippen LogP contribution in [0.5, 0.6) is 0 Å². The highest BCUT2D eigenvalue weighted by atomic mass is 35.5. The summed E-state index contributed by atoms with van der Waals surface area (Å²) in [6.07, 6.45) is 4.27. The number of amides is 1. The minimum Gasteiger partial charge on any atom is -0.337 e. The average Bonchev–Trinajstić information content (AvgIpc) is 2.28. The summed E-state index contributed by atoms with van der Waals surface area (Å²) in [7, 11) is 0. The molecular formula is C12H17ClN2O. The molecule has 1 aromatic heterocycles. The number of aromatic nitrogens is 1. The quantitative estimate of drug-likeness (QED) is 0.741. The Bertz CT molecular complexity index is 349. The number of alkyl halides is 1. The lowest BCUT2D eigenvalue weighted by Crippen LogP contribution is -2.33. The van der Waals surface area contributed by atoms with Crippen LogP contribution in [0.15, 0.2) is 18.5 Å². The van der Waals surface area contributed by atoms with Gasteiger partial charge in [-0.25, -0.2) is 0 Å². The first-order valence-corrected chi connectivity index (χ1v) is 5.99. The zero-order chi connectivity index (χ0) is 12.0. The predicted octanol–water partition coefficient (Wildman–Crippen LogP) is 2.48. The van der Waals surface area contributed by atoms with Crippen LogP contribution in [0.3, 0.4) is 0 Å². The third kappa shape index (κ3) is 3.49. The molecule has 1 aromatic rings. The molecule has 3 nitrogen and oxygen atoms in total. The third-order valence-corrected chi connectivity index (χ3v) is 2.43. The molecule has 0 atom stereocenters. The molecule has 1 heterocycles. The average molecular weight is 241 g/mol. The lowest BCUT2D eigenvalue weighted by Gasteiger charge is -2.20. The third-order valence-electron chi connectivity index (χ3n) is 2.26. The van der Waals surface area contributed by atoms with Gasteiger partial charge in [0.25, 0.3) is 5.91 Å². The van der Waals surface area contributed by atoms with E-state index >= 15 is 0 Å². The topological polar surface area (TPSA) is 33.2 Å². The van der Waals surface area contributed by atoms with Gasteiger partial charge in [-0.3, -0.25) is 9.78 Å². The first-order valence-electron chi connectivity index (χ1n) is 5.46. The summed E-state index contributed by atoms with van der Waals surface area (Å²) < 4.78 is 0. The highest BCUT2D eigenvalue weighted by Crippen LogP contribution is 2.06. The van der Waals surface area contributed by atoms with Crippen molar-refractivity contribution in [1.82, 2.24) is 9.88 Å². The smallest absolute Gasteiger partial charge is 0.255 e. The van der Waals surface area contributed by atoms with Gasteiger partial charge in [0.2, 0.25) is 0 Å². The summed E-state index contributed by atoms with van der Waals surface area (Å²) in [4.78, 5) is 17.9. The second-order valence-electron chi connectivity index (χ2n) is 3.73. The zero-order valence-corrected chi connectivity index (χ0v) is 10.5. The fourth-order valence-corrected chi connectivity index (χ4v) is 1.75. The minimum atomic E-state index is 0.0127. The van der Waals surface area contributed by atoms with Crippen molar-refractivity contribution < 1.29 is 4.79 Å². The first kappa shape index (κ1) is 13.0. The van der Waals surface area contributed by atoms with Crippen molar-refractivity contribution >= 4 is 17.5 Å². The van der Waals surface area contributed by atoms with Crippen LogP contribution in [0.25, 0.3) is 0 Å². The molecule has 4 heteroatoms. The van der Waals surface area contributed by atoms with E-state index in [2.05, 4.69) is 4.98 Å². The zero-order valence-electron chi connectivity index (χ0n) is 9.74. The minimum absolute atomic E-state index is 0.0127. The maximum absolute atomic E-state index is 12.1. The van der Waals surface area contributed by atoms with E-state index in [1.807, 2.05) is 19.9 Å². The largest absolute Gasteiger partial charge is 0.337 e. The molecule has 0 N–H and O–H groups in total. The van der Waals surface area contributed by atoms with Gasteiger partial charge in [0.15, 0.2) is 0 Å². The van der Waals surface area contributed by atoms with Crippen LogP contribution in [0.2, 0.25) is 0 Å². The lowest BCUT2D eigenvalue weighted by molar-refractivity contribution is 0.0765. The highest BCUT2D eigenvalue weighted by Gasteiger charge is 2.14. The van der Waals surface area contributed by atoms with Crippen molar-refractivity contribution in [1.29, 1.82) is 0 Å². The van der Waals surface area contributed by atoms with E-state index in [1.165, 1.54) is 0 Å². The number of nitrogens with zero attached hydrogens (tertiary/aromatic N) is 2. The van der Waals surface area contributed by atoms with Gasteiger partial charge in [0, 0.05) is 31.4 Å². The SMILES string of the molecule is CCCN(CCCl)C(=O)c1cncc(C)c1. The molecule has 0 aliphatic rings. The lowest BCUT2D eigenvalue weighted by atomic mass is 10.2. The van der Waals surface area contributed by atoms with E-state index in [0.717, 1.165) is 18.5 Å². The molecule has 0 aliphatic carbocycles. The molecule has 1 amide bonds. The van der Waals surface area contributed by atoms with Gasteiger partial charge in [-0.2, -0.15) is 0 Å². The monoisotopic (exact) mass is 240 g/mol. The number of rotatable bonds is 5. The number of hydrogen-bond acceptors (Lipinski definition) is 2. The molecule has 1 rings (SSSR count). The first-order chi connectivity index (χ1) is 7.69. The number of pyridine rings is 1. The normalized spacial score (nSPS) is 10.2. The van der Waals surface area contributed by atoms with Gasteiger partial charge in [0.05, 0.1) is 5.56 Å². The van der Waals surface area contributed by atoms with Gasteiger partial charge in [-0.05, 0) is 25.0 Å². The molecule has 0 fully saturated rings. The highest BCUT2D eigenvalue weighted by molar-refractivity contribution is 6.18. The Morgan fingerprint density at radius 1 is 1.44 bits per heavy atom. The molecule has 0 aliphatic heterocycles. The van der Waals surface area contributed by atoms with Gasteiger partial charge in [0.1, 0.15) is 0 Å². The molecule has 0 unspecified atom stereocenters. The van der Waals surface area contributed by atoms with E-state index < -0.39 is 0 Å². The molecular weight excluding hydrogens is 224 g/mol. The van der Waals surface area contributed by atoms with Crippen molar-refractivity contribution in [3.05, 3.63) is 29.6 Å². The predicted molar refractivity (Wildman–Crippen MR) is 65.9 cm³/mol. The van der Waals surface area contributed by atoms with Crippen molar-refractivity contribution in [3.63, 3.8) is 0 Å². The van der Waals surface area contributed by atoms with Gasteiger partial charge >= 0.3 is 0 Å². The maximum atomic E-state index is 12.1. The Balaban J connectivity index is 2.81. The number of carbonyl (C=O) groups excluding carboxylic acids is 1. The standard InChI is InChI=1S/C12H17ClN2O/c1-3-5-15(6-4-13)12(16)11-7-10(2)8-14-9-11/h7-9H,3-6H2,1-2H3. The summed E-state index contributed by atoms with van der Waals surface area (Å²) in [5, 5.41) is 0. The van der Waals surface area contributed by atoms with Crippen LogP contribution < -0.4 is 0 Å². The van der Waals surface area contributed by atoms with E-state index in [-0.39, 0.29) is 5.91 Å². The van der Waals surface area contributed by atoms with Crippen LogP contribution in [0.4, 0.5) is 0 Å². The molecule has 16 heavy (non-hydrogen) atoms. The fraction of sp³-hybridized carbons (Fsp3) is 0.500. The van der Waals surface area contributed by atoms with Crippen LogP contribution in [-0.4, -0.2) is 34.8 Å². The van der Waals surface area contributed by atoms with Gasteiger partial charge in [-0.15, -0.1) is 11.6 Å². The molecule has 0 aromatic carbocycles. The Morgan fingerprint density at radius 2 is 2.19 bits per heavy atom. The van der Waals surface area contributed by atoms with Crippen molar-refractivity contribution in [2.45, 2.75) is 20.3 Å². The molecule has 0 radical (unpaired) electrons. The summed E-state index contributed by atoms with van der Waals surface area (Å²) in [5.41, 5.74) is 1.63. The van der Waals surface area contributed by atoms with Crippen LogP contribution in [0.1, 0.15) is 29.3 Å². The summed E-state index contributed by atoms with van der Waals surface area (Å²) in [6, 6.07) is 1.85. The summed E-state index contributed by atoms with van der Waals surface area (Å²) >= 11 is 5.69. The van der Waals surface area contributed by atoms with E-state index in [4.69, 9.17) is 11.6 Å². The summed E-state index contributed by atoms with van der Waals surface area (Å²) in [5.74, 6) is 0.476. The number of aryl methyl sites for hydroxylation is 1. The van der Waals surface area contributed by atoms with E-state index in [1.54, 1.807) is 17.3 Å². The van der Waals surface area contributed by atoms with Crippen LogP contribution in [-0.2, 0) is 0 Å². The second kappa shape index (κ2) is 6.48. The van der Waals surface area contributed by atoms with Crippen molar-refractivity contribution in [2.75, 3.05) is 19.0 Å². The van der Waals surface area contributed by atoms with Crippen LogP contribution >= 0.6 is 11.6 Å². The number of halogens is 1. The number of carbonyl (C=O) groups is 1. The van der Waals surface area contributed by atoms with Crippen molar-refractivity contribution in [3.8, 4) is 0 Å². The molecule has 0 saturated carbocycles. The Morgan fingerprint density at radius 3 is 2.75 bits per heavy atom.